The zero-order valence-corrected chi connectivity index (χ0v) is 13.9. The Morgan fingerprint density at radius 3 is 2.14 bits per heavy atom. The topological polar surface area (TPSA) is 24.7 Å². The molecule has 2 rings (SSSR count). The van der Waals surface area contributed by atoms with Gasteiger partial charge in [-0.05, 0) is 24.1 Å². The summed E-state index contributed by atoms with van der Waals surface area (Å²) in [5.74, 6) is 0. The van der Waals surface area contributed by atoms with Gasteiger partial charge in [-0.25, -0.2) is 0 Å². The summed E-state index contributed by atoms with van der Waals surface area (Å²) in [4.78, 5) is 1.29. The van der Waals surface area contributed by atoms with E-state index < -0.39 is 6.10 Å². The van der Waals surface area contributed by atoms with Gasteiger partial charge < -0.3 is 22.4 Å². The standard InChI is InChI=1S/C19H23NO.ClH/c1-16(19(21)18-13-7-4-8-14-18)20(2)15-9-12-17-10-5-3-6-11-17;/h3-14,16,19,21H,15H2,1-2H3;1H/b12-9+;. The van der Waals surface area contributed by atoms with Gasteiger partial charge >= 0.3 is 0 Å². The van der Waals surface area contributed by atoms with Crippen LogP contribution in [0.15, 0.2) is 66.7 Å². The average Bonchev–Trinajstić information content (AvgIpc) is 2.55. The molecule has 22 heavy (non-hydrogen) atoms. The highest BCUT2D eigenvalue weighted by Crippen LogP contribution is 2.14. The Labute approximate surface area is 139 Å². The molecule has 0 aliphatic rings. The van der Waals surface area contributed by atoms with E-state index in [1.165, 1.54) is 10.5 Å². The highest BCUT2D eigenvalue weighted by atomic mass is 35.5. The molecular weight excluding hydrogens is 294 g/mol. The number of nitrogens with one attached hydrogen (secondary N) is 1. The van der Waals surface area contributed by atoms with Crippen LogP contribution in [-0.4, -0.2) is 24.7 Å². The van der Waals surface area contributed by atoms with E-state index in [0.717, 1.165) is 12.1 Å². The lowest BCUT2D eigenvalue weighted by Crippen LogP contribution is -3.13. The fraction of sp³-hybridized carbons (Fsp3) is 0.263. The van der Waals surface area contributed by atoms with Crippen molar-refractivity contribution in [2.24, 2.45) is 0 Å². The number of likely N-dealkylation sites (N-methyl/N-ethyl adjacent to an activating group) is 1. The summed E-state index contributed by atoms with van der Waals surface area (Å²) >= 11 is 0. The van der Waals surface area contributed by atoms with Gasteiger partial charge in [0.25, 0.3) is 0 Å². The summed E-state index contributed by atoms with van der Waals surface area (Å²) in [6.45, 7) is 2.98. The Kier molecular flexibility index (Phi) is 7.89. The van der Waals surface area contributed by atoms with Crippen molar-refractivity contribution >= 4 is 6.08 Å². The van der Waals surface area contributed by atoms with Crippen LogP contribution in [0.1, 0.15) is 24.2 Å². The second kappa shape index (κ2) is 9.42. The maximum absolute atomic E-state index is 10.4. The van der Waals surface area contributed by atoms with Gasteiger partial charge in [-0.1, -0.05) is 66.7 Å². The summed E-state index contributed by atoms with van der Waals surface area (Å²) in [6, 6.07) is 20.3. The van der Waals surface area contributed by atoms with E-state index in [-0.39, 0.29) is 18.4 Å². The third-order valence-corrected chi connectivity index (χ3v) is 3.94. The normalized spacial score (nSPS) is 15.0. The third-order valence-electron chi connectivity index (χ3n) is 3.94. The van der Waals surface area contributed by atoms with E-state index in [1.54, 1.807) is 0 Å². The van der Waals surface area contributed by atoms with Crippen molar-refractivity contribution in [3.05, 3.63) is 77.9 Å². The van der Waals surface area contributed by atoms with Crippen molar-refractivity contribution in [1.29, 1.82) is 0 Å². The van der Waals surface area contributed by atoms with E-state index in [2.05, 4.69) is 38.3 Å². The number of aliphatic hydroxyl groups is 1. The Morgan fingerprint density at radius 1 is 1.00 bits per heavy atom. The third kappa shape index (κ3) is 5.30. The minimum Gasteiger partial charge on any atom is -1.00 e. The molecule has 0 fully saturated rings. The number of halogens is 1. The van der Waals surface area contributed by atoms with Gasteiger partial charge in [0, 0.05) is 0 Å². The highest BCUT2D eigenvalue weighted by Gasteiger charge is 2.22. The van der Waals surface area contributed by atoms with E-state index >= 15 is 0 Å². The van der Waals surface area contributed by atoms with Crippen molar-refractivity contribution in [3.63, 3.8) is 0 Å². The summed E-state index contributed by atoms with van der Waals surface area (Å²) < 4.78 is 0. The first kappa shape index (κ1) is 18.4. The van der Waals surface area contributed by atoms with Crippen LogP contribution in [0.5, 0.6) is 0 Å². The molecule has 0 aliphatic carbocycles. The molecule has 0 aliphatic heterocycles. The Bertz CT molecular complexity index is 556. The fourth-order valence-electron chi connectivity index (χ4n) is 2.34. The summed E-state index contributed by atoms with van der Waals surface area (Å²) in [5, 5.41) is 10.4. The second-order valence-electron chi connectivity index (χ2n) is 5.51. The molecule has 0 spiro atoms. The van der Waals surface area contributed by atoms with Crippen molar-refractivity contribution in [1.82, 2.24) is 0 Å². The Morgan fingerprint density at radius 2 is 1.55 bits per heavy atom. The minimum atomic E-state index is -0.434. The number of aliphatic hydroxyl groups excluding tert-OH is 1. The largest absolute Gasteiger partial charge is 1.00 e. The molecule has 0 aromatic heterocycles. The molecule has 118 valence electrons. The smallest absolute Gasteiger partial charge is 0.130 e. The zero-order chi connectivity index (χ0) is 15.1. The molecule has 0 radical (unpaired) electrons. The second-order valence-corrected chi connectivity index (χ2v) is 5.51. The van der Waals surface area contributed by atoms with Crippen LogP contribution in [0.25, 0.3) is 6.08 Å². The maximum atomic E-state index is 10.4. The van der Waals surface area contributed by atoms with E-state index in [9.17, 15) is 5.11 Å². The lowest BCUT2D eigenvalue weighted by atomic mass is 10.0. The first-order valence-electron chi connectivity index (χ1n) is 7.45. The van der Waals surface area contributed by atoms with Crippen LogP contribution in [0.4, 0.5) is 0 Å². The van der Waals surface area contributed by atoms with Gasteiger partial charge in [-0.2, -0.15) is 0 Å². The molecule has 0 saturated carbocycles. The van der Waals surface area contributed by atoms with E-state index in [0.29, 0.717) is 0 Å². The van der Waals surface area contributed by atoms with Gasteiger partial charge in [0.05, 0.1) is 13.6 Å². The predicted molar refractivity (Wildman–Crippen MR) is 88.1 cm³/mol. The number of rotatable bonds is 6. The lowest BCUT2D eigenvalue weighted by Gasteiger charge is -2.25. The minimum absolute atomic E-state index is 0. The molecule has 3 heteroatoms. The quantitative estimate of drug-likeness (QED) is 0.726. The van der Waals surface area contributed by atoms with Gasteiger partial charge in [0.1, 0.15) is 12.1 Å². The molecule has 2 aromatic carbocycles. The molecule has 0 heterocycles. The maximum Gasteiger partial charge on any atom is 0.130 e. The van der Waals surface area contributed by atoms with Crippen molar-refractivity contribution < 1.29 is 22.4 Å². The Balaban J connectivity index is 0.00000242. The molecule has 2 N–H and O–H groups in total. The molecule has 2 aromatic rings. The van der Waals surface area contributed by atoms with Crippen LogP contribution < -0.4 is 17.3 Å². The van der Waals surface area contributed by atoms with Crippen molar-refractivity contribution in [2.45, 2.75) is 19.1 Å². The van der Waals surface area contributed by atoms with Crippen LogP contribution in [-0.2, 0) is 0 Å². The molecule has 2 nitrogen and oxygen atoms in total. The van der Waals surface area contributed by atoms with Gasteiger partial charge in [0.2, 0.25) is 0 Å². The first-order valence-corrected chi connectivity index (χ1v) is 7.45. The molecule has 3 unspecified atom stereocenters. The monoisotopic (exact) mass is 317 g/mol. The van der Waals surface area contributed by atoms with Gasteiger partial charge in [0.15, 0.2) is 0 Å². The van der Waals surface area contributed by atoms with Crippen molar-refractivity contribution in [3.8, 4) is 0 Å². The average molecular weight is 318 g/mol. The molecule has 3 atom stereocenters. The Hall–Kier alpha value is -1.61. The summed E-state index contributed by atoms with van der Waals surface area (Å²) in [7, 11) is 2.12. The predicted octanol–water partition coefficient (Wildman–Crippen LogP) is -0.659. The summed E-state index contributed by atoms with van der Waals surface area (Å²) in [5.41, 5.74) is 2.19. The first-order chi connectivity index (χ1) is 10.2. The van der Waals surface area contributed by atoms with Crippen LogP contribution in [0, 0.1) is 0 Å². The highest BCUT2D eigenvalue weighted by molar-refractivity contribution is 5.48. The number of hydrogen-bond acceptors (Lipinski definition) is 1. The van der Waals surface area contributed by atoms with E-state index in [1.807, 2.05) is 48.5 Å². The zero-order valence-electron chi connectivity index (χ0n) is 13.1. The van der Waals surface area contributed by atoms with Crippen LogP contribution in [0.2, 0.25) is 0 Å². The molecular formula is C19H24ClNO. The van der Waals surface area contributed by atoms with Crippen molar-refractivity contribution in [2.75, 3.05) is 13.6 Å². The van der Waals surface area contributed by atoms with E-state index in [4.69, 9.17) is 0 Å². The van der Waals surface area contributed by atoms with Crippen LogP contribution in [0.3, 0.4) is 0 Å². The van der Waals surface area contributed by atoms with Gasteiger partial charge in [-0.15, -0.1) is 0 Å². The lowest BCUT2D eigenvalue weighted by molar-refractivity contribution is -0.902. The fourth-order valence-corrected chi connectivity index (χ4v) is 2.34. The number of hydrogen-bond donors (Lipinski definition) is 2. The number of benzene rings is 2. The molecule has 0 bridgehead atoms. The van der Waals surface area contributed by atoms with Crippen LogP contribution >= 0.6 is 0 Å². The van der Waals surface area contributed by atoms with Gasteiger partial charge in [-0.3, -0.25) is 0 Å². The number of quaternary nitrogens is 1. The molecule has 0 amide bonds. The summed E-state index contributed by atoms with van der Waals surface area (Å²) in [6.07, 6.45) is 3.86. The molecule has 0 saturated heterocycles. The SMILES string of the molecule is CC(C(O)c1ccccc1)[NH+](C)C/C=C/c1ccccc1.[Cl-].